The number of carboxylic acids is 1. The lowest BCUT2D eigenvalue weighted by Gasteiger charge is -2.57. The molecular weight excluding hydrogens is 628 g/mol. The number of carboxylic acid groups (broad SMARTS) is 1. The van der Waals surface area contributed by atoms with Crippen molar-refractivity contribution in [1.29, 1.82) is 0 Å². The standard InChI is InChI=1S/C34H40N2O12/c1-32-12-10-21(37)15-19(32)6-7-22-23-11-13-34(45,33(23,2)16-24(38)28(22)32)25(39)17-48-27(41)9-8-26(40)35-29(31(43)44)30(42)18-4-3-5-20(14-18)36(46)47/h3-5,14-15,22-23,28-30,42,45H,6-13,16-17H2,1-2H3,(H,35,40)(H,43,44)/t22-,23-,28+,29+,30+,32-,33-,34-/m0/s1. The fourth-order valence-electron chi connectivity index (χ4n) is 8.93. The Morgan fingerprint density at radius 3 is 2.52 bits per heavy atom. The normalized spacial score (nSPS) is 32.1. The highest BCUT2D eigenvalue weighted by Gasteiger charge is 2.68. The molecule has 1 aromatic carbocycles. The van der Waals surface area contributed by atoms with E-state index in [4.69, 9.17) is 4.74 Å². The molecule has 48 heavy (non-hydrogen) atoms. The Morgan fingerprint density at radius 1 is 1.10 bits per heavy atom. The lowest BCUT2D eigenvalue weighted by molar-refractivity contribution is -0.385. The monoisotopic (exact) mass is 668 g/mol. The van der Waals surface area contributed by atoms with Crippen LogP contribution in [0.2, 0.25) is 0 Å². The van der Waals surface area contributed by atoms with Crippen molar-refractivity contribution in [1.82, 2.24) is 5.32 Å². The van der Waals surface area contributed by atoms with E-state index in [1.807, 2.05) is 0 Å². The maximum absolute atomic E-state index is 13.8. The topological polar surface area (TPSA) is 228 Å². The molecule has 8 atom stereocenters. The number of Topliss-reactive ketones (excluding diaryl/α,β-unsaturated/α-hetero) is 2. The van der Waals surface area contributed by atoms with Crippen molar-refractivity contribution in [2.75, 3.05) is 6.61 Å². The molecule has 5 rings (SSSR count). The second-order valence-electron chi connectivity index (χ2n) is 14.1. The fourth-order valence-corrected chi connectivity index (χ4v) is 8.93. The molecule has 3 fully saturated rings. The molecule has 0 unspecified atom stereocenters. The third-order valence-corrected chi connectivity index (χ3v) is 11.5. The van der Waals surface area contributed by atoms with Crippen LogP contribution in [0, 0.1) is 38.7 Å². The van der Waals surface area contributed by atoms with Crippen molar-refractivity contribution in [3.05, 3.63) is 51.6 Å². The van der Waals surface area contributed by atoms with Gasteiger partial charge >= 0.3 is 11.9 Å². The van der Waals surface area contributed by atoms with Crippen LogP contribution in [-0.2, 0) is 33.5 Å². The number of aliphatic hydroxyl groups is 2. The minimum Gasteiger partial charge on any atom is -0.480 e. The lowest BCUT2D eigenvalue weighted by Crippen LogP contribution is -2.61. The number of nitrogens with one attached hydrogen (secondary N) is 1. The van der Waals surface area contributed by atoms with Gasteiger partial charge in [0, 0.05) is 42.7 Å². The van der Waals surface area contributed by atoms with E-state index < -0.39 is 76.6 Å². The number of ketones is 3. The van der Waals surface area contributed by atoms with Gasteiger partial charge in [-0.05, 0) is 61.0 Å². The van der Waals surface area contributed by atoms with Crippen LogP contribution in [0.1, 0.15) is 83.3 Å². The maximum Gasteiger partial charge on any atom is 0.329 e. The van der Waals surface area contributed by atoms with Gasteiger partial charge in [-0.1, -0.05) is 31.6 Å². The highest BCUT2D eigenvalue weighted by atomic mass is 16.6. The van der Waals surface area contributed by atoms with Crippen molar-refractivity contribution in [2.45, 2.75) is 89.4 Å². The van der Waals surface area contributed by atoms with Crippen molar-refractivity contribution in [3.8, 4) is 0 Å². The Labute approximate surface area is 276 Å². The molecule has 0 bridgehead atoms. The van der Waals surface area contributed by atoms with Crippen LogP contribution in [0.25, 0.3) is 0 Å². The molecule has 1 amide bonds. The summed E-state index contributed by atoms with van der Waals surface area (Å²) in [6.07, 6.45) is 1.71. The molecule has 14 heteroatoms. The Morgan fingerprint density at radius 2 is 1.83 bits per heavy atom. The zero-order chi connectivity index (χ0) is 35.2. The number of ether oxygens (including phenoxy) is 1. The molecule has 0 radical (unpaired) electrons. The number of hydrogen-bond donors (Lipinski definition) is 4. The lowest BCUT2D eigenvalue weighted by atomic mass is 9.46. The van der Waals surface area contributed by atoms with Gasteiger partial charge in [0.05, 0.1) is 11.3 Å². The first-order valence-corrected chi connectivity index (χ1v) is 16.1. The molecule has 4 aliphatic carbocycles. The number of nitrogens with zero attached hydrogens (tertiary/aromatic N) is 1. The van der Waals surface area contributed by atoms with Gasteiger partial charge in [0.15, 0.2) is 18.4 Å². The number of carbonyl (C=O) groups excluding carboxylic acids is 5. The molecule has 4 N–H and O–H groups in total. The smallest absolute Gasteiger partial charge is 0.329 e. The molecule has 0 aromatic heterocycles. The molecular formula is C34H40N2O12. The fraction of sp³-hybridized carbons (Fsp3) is 0.588. The third kappa shape index (κ3) is 6.07. The van der Waals surface area contributed by atoms with Crippen molar-refractivity contribution < 1.29 is 53.7 Å². The van der Waals surface area contributed by atoms with Gasteiger partial charge < -0.3 is 25.4 Å². The second-order valence-corrected chi connectivity index (χ2v) is 14.1. The number of carbonyl (C=O) groups is 6. The van der Waals surface area contributed by atoms with Crippen LogP contribution >= 0.6 is 0 Å². The summed E-state index contributed by atoms with van der Waals surface area (Å²) in [5, 5.41) is 45.0. The summed E-state index contributed by atoms with van der Waals surface area (Å²) in [5.41, 5.74) is -2.89. The van der Waals surface area contributed by atoms with E-state index in [1.165, 1.54) is 12.1 Å². The number of amides is 1. The highest BCUT2D eigenvalue weighted by Crippen LogP contribution is 2.66. The average molecular weight is 669 g/mol. The van der Waals surface area contributed by atoms with E-state index in [0.29, 0.717) is 32.1 Å². The molecule has 0 spiro atoms. The molecule has 0 heterocycles. The Kier molecular flexibility index (Phi) is 9.45. The first-order chi connectivity index (χ1) is 22.5. The third-order valence-electron chi connectivity index (χ3n) is 11.5. The summed E-state index contributed by atoms with van der Waals surface area (Å²) < 4.78 is 5.11. The number of allylic oxidation sites excluding steroid dienone is 1. The molecule has 0 aliphatic heterocycles. The number of esters is 1. The summed E-state index contributed by atoms with van der Waals surface area (Å²) in [6.45, 7) is 3.02. The summed E-state index contributed by atoms with van der Waals surface area (Å²) in [6, 6.07) is 2.77. The summed E-state index contributed by atoms with van der Waals surface area (Å²) >= 11 is 0. The van der Waals surface area contributed by atoms with E-state index in [2.05, 4.69) is 12.2 Å². The van der Waals surface area contributed by atoms with Crippen molar-refractivity contribution >= 4 is 40.9 Å². The molecule has 4 aliphatic rings. The van der Waals surface area contributed by atoms with E-state index in [0.717, 1.165) is 17.7 Å². The van der Waals surface area contributed by atoms with Gasteiger partial charge in [-0.15, -0.1) is 0 Å². The van der Waals surface area contributed by atoms with Crippen LogP contribution in [0.5, 0.6) is 0 Å². The Hall–Kier alpha value is -4.30. The Bertz CT molecular complexity index is 1600. The molecule has 0 saturated heterocycles. The first-order valence-electron chi connectivity index (χ1n) is 16.1. The SMILES string of the molecule is C[C@]12CCC(=O)C=C1CC[C@@H]1[C@@H]2C(=O)C[C@@]2(C)[C@H]1CC[C@]2(O)C(=O)COC(=O)CCC(=O)N[C@@H](C(=O)O)[C@H](O)c1cccc([N+](=O)[O-])c1. The highest BCUT2D eigenvalue weighted by molar-refractivity contribution is 5.95. The van der Waals surface area contributed by atoms with E-state index in [1.54, 1.807) is 13.0 Å². The summed E-state index contributed by atoms with van der Waals surface area (Å²) in [7, 11) is 0. The number of fused-ring (bicyclic) bond motifs is 5. The van der Waals surface area contributed by atoms with Crippen LogP contribution < -0.4 is 5.32 Å². The zero-order valence-electron chi connectivity index (χ0n) is 26.8. The van der Waals surface area contributed by atoms with Gasteiger partial charge in [0.2, 0.25) is 11.7 Å². The molecule has 3 saturated carbocycles. The quantitative estimate of drug-likeness (QED) is 0.152. The summed E-state index contributed by atoms with van der Waals surface area (Å²) in [4.78, 5) is 86.4. The predicted molar refractivity (Wildman–Crippen MR) is 165 cm³/mol. The largest absolute Gasteiger partial charge is 0.480 e. The van der Waals surface area contributed by atoms with Crippen molar-refractivity contribution in [3.63, 3.8) is 0 Å². The van der Waals surface area contributed by atoms with E-state index >= 15 is 0 Å². The molecule has 14 nitrogen and oxygen atoms in total. The van der Waals surface area contributed by atoms with Gasteiger partial charge in [-0.2, -0.15) is 0 Å². The minimum atomic E-state index is -1.91. The number of nitro groups is 1. The van der Waals surface area contributed by atoms with Crippen LogP contribution in [0.4, 0.5) is 5.69 Å². The number of aliphatic carboxylic acids is 1. The molecule has 258 valence electrons. The number of non-ortho nitro benzene ring substituents is 1. The maximum atomic E-state index is 13.8. The Balaban J connectivity index is 1.17. The van der Waals surface area contributed by atoms with Crippen LogP contribution in [-0.4, -0.2) is 73.7 Å². The van der Waals surface area contributed by atoms with E-state index in [9.17, 15) is 54.2 Å². The van der Waals surface area contributed by atoms with Gasteiger partial charge in [-0.25, -0.2) is 4.79 Å². The minimum absolute atomic E-state index is 0.0149. The number of benzene rings is 1. The molecule has 1 aromatic rings. The van der Waals surface area contributed by atoms with Gasteiger partial charge in [-0.3, -0.25) is 34.1 Å². The van der Waals surface area contributed by atoms with Gasteiger partial charge in [0.25, 0.3) is 5.69 Å². The second kappa shape index (κ2) is 13.0. The van der Waals surface area contributed by atoms with Crippen LogP contribution in [0.15, 0.2) is 35.9 Å². The number of hydrogen-bond acceptors (Lipinski definition) is 11. The zero-order valence-corrected chi connectivity index (χ0v) is 26.8. The summed E-state index contributed by atoms with van der Waals surface area (Å²) in [5.74, 6) is -4.68. The van der Waals surface area contributed by atoms with E-state index in [-0.39, 0.29) is 53.4 Å². The van der Waals surface area contributed by atoms with Crippen LogP contribution in [0.3, 0.4) is 0 Å². The van der Waals surface area contributed by atoms with Crippen molar-refractivity contribution in [2.24, 2.45) is 28.6 Å². The predicted octanol–water partition coefficient (Wildman–Crippen LogP) is 2.53. The first kappa shape index (κ1) is 35.0. The van der Waals surface area contributed by atoms with Gasteiger partial charge in [0.1, 0.15) is 17.5 Å². The number of aliphatic hydroxyl groups excluding tert-OH is 1. The number of nitro benzene ring substituents is 1. The number of rotatable bonds is 11. The average Bonchev–Trinajstić information content (AvgIpc) is 3.31.